The molecule has 0 fully saturated rings. The van der Waals surface area contributed by atoms with Gasteiger partial charge in [0.05, 0.1) is 16.0 Å². The highest BCUT2D eigenvalue weighted by atomic mass is 32.1. The summed E-state index contributed by atoms with van der Waals surface area (Å²) >= 11 is 1.26. The van der Waals surface area contributed by atoms with Gasteiger partial charge in [-0.1, -0.05) is 24.3 Å². The molecular weight excluding hydrogens is 388 g/mol. The van der Waals surface area contributed by atoms with Gasteiger partial charge in [0.2, 0.25) is 0 Å². The Morgan fingerprint density at radius 2 is 2.10 bits per heavy atom. The topological polar surface area (TPSA) is 89.5 Å². The molecule has 8 heteroatoms. The highest BCUT2D eigenvalue weighted by Gasteiger charge is 2.13. The number of hydrogen-bond donors (Lipinski definition) is 1. The van der Waals surface area contributed by atoms with Crippen LogP contribution in [0.2, 0.25) is 0 Å². The van der Waals surface area contributed by atoms with Crippen LogP contribution >= 0.6 is 11.3 Å². The second kappa shape index (κ2) is 7.69. The summed E-state index contributed by atoms with van der Waals surface area (Å²) in [5.41, 5.74) is 4.47. The first kappa shape index (κ1) is 18.6. The van der Waals surface area contributed by atoms with Crippen molar-refractivity contribution in [2.75, 3.05) is 0 Å². The van der Waals surface area contributed by atoms with Crippen molar-refractivity contribution in [1.82, 2.24) is 9.99 Å². The molecule has 4 rings (SSSR count). The fourth-order valence-electron chi connectivity index (χ4n) is 3.14. The van der Waals surface area contributed by atoms with Crippen LogP contribution in [0.1, 0.15) is 15.2 Å². The highest BCUT2D eigenvalue weighted by Crippen LogP contribution is 2.29. The van der Waals surface area contributed by atoms with E-state index in [1.165, 1.54) is 23.5 Å². The molecule has 0 saturated carbocycles. The van der Waals surface area contributed by atoms with Gasteiger partial charge in [0, 0.05) is 51.4 Å². The zero-order valence-electron chi connectivity index (χ0n) is 15.2. The lowest BCUT2D eigenvalue weighted by molar-refractivity contribution is -0.384. The van der Waals surface area contributed by atoms with Gasteiger partial charge in [-0.2, -0.15) is 5.10 Å². The SMILES string of the molecule is C=CCn1cc(/C=N\NC(=O)c2cc3cc([N+](=O)[O-])ccc3s2)c2ccccc21. The van der Waals surface area contributed by atoms with Crippen molar-refractivity contribution < 1.29 is 9.72 Å². The summed E-state index contributed by atoms with van der Waals surface area (Å²) in [6.45, 7) is 4.45. The molecule has 0 aliphatic rings. The van der Waals surface area contributed by atoms with Crippen molar-refractivity contribution >= 4 is 50.1 Å². The van der Waals surface area contributed by atoms with Crippen molar-refractivity contribution in [3.63, 3.8) is 0 Å². The standard InChI is InChI=1S/C21H16N4O3S/c1-2-9-24-13-15(17-5-3-4-6-18(17)24)12-22-23-21(26)20-11-14-10-16(25(27)28)7-8-19(14)29-20/h2-8,10-13H,1,9H2,(H,23,26)/b22-12-. The number of para-hydroxylation sites is 1. The number of nitro groups is 1. The molecule has 2 heterocycles. The van der Waals surface area contributed by atoms with Gasteiger partial charge in [0.1, 0.15) is 0 Å². The fraction of sp³-hybridized carbons (Fsp3) is 0.0476. The first-order chi connectivity index (χ1) is 14.1. The minimum atomic E-state index is -0.454. The molecule has 0 spiro atoms. The summed E-state index contributed by atoms with van der Waals surface area (Å²) in [7, 11) is 0. The molecule has 1 amide bonds. The Morgan fingerprint density at radius 1 is 1.28 bits per heavy atom. The molecule has 29 heavy (non-hydrogen) atoms. The molecule has 0 atom stereocenters. The van der Waals surface area contributed by atoms with Gasteiger partial charge in [0.25, 0.3) is 11.6 Å². The summed E-state index contributed by atoms with van der Waals surface area (Å²) in [5.74, 6) is -0.361. The number of nitrogens with zero attached hydrogens (tertiary/aromatic N) is 3. The molecule has 7 nitrogen and oxygen atoms in total. The summed E-state index contributed by atoms with van der Waals surface area (Å²) < 4.78 is 2.86. The van der Waals surface area contributed by atoms with Gasteiger partial charge in [0.15, 0.2) is 0 Å². The summed E-state index contributed by atoms with van der Waals surface area (Å²) in [5, 5.41) is 16.7. The van der Waals surface area contributed by atoms with Crippen molar-refractivity contribution in [2.45, 2.75) is 6.54 Å². The van der Waals surface area contributed by atoms with Gasteiger partial charge < -0.3 is 4.57 Å². The van der Waals surface area contributed by atoms with E-state index in [0.717, 1.165) is 21.2 Å². The number of nitrogens with one attached hydrogen (secondary N) is 1. The smallest absolute Gasteiger partial charge is 0.281 e. The van der Waals surface area contributed by atoms with Gasteiger partial charge in [-0.05, 0) is 18.2 Å². The van der Waals surface area contributed by atoms with Gasteiger partial charge in [-0.25, -0.2) is 5.43 Å². The number of aromatic nitrogens is 1. The molecule has 0 saturated heterocycles. The molecule has 4 aromatic rings. The second-order valence-corrected chi connectivity index (χ2v) is 7.42. The van der Waals surface area contributed by atoms with E-state index >= 15 is 0 Å². The minimum absolute atomic E-state index is 0.00352. The van der Waals surface area contributed by atoms with Crippen molar-refractivity contribution in [3.8, 4) is 0 Å². The average molecular weight is 404 g/mol. The third kappa shape index (κ3) is 3.65. The van der Waals surface area contributed by atoms with Crippen LogP contribution in [0.25, 0.3) is 21.0 Å². The van der Waals surface area contributed by atoms with Crippen LogP contribution in [0.15, 0.2) is 72.5 Å². The molecule has 1 N–H and O–H groups in total. The summed E-state index contributed by atoms with van der Waals surface area (Å²) in [4.78, 5) is 23.3. The fourth-order valence-corrected chi connectivity index (χ4v) is 4.07. The first-order valence-electron chi connectivity index (χ1n) is 8.77. The predicted octanol–water partition coefficient (Wildman–Crippen LogP) is 4.71. The monoisotopic (exact) mass is 404 g/mol. The maximum absolute atomic E-state index is 12.4. The zero-order chi connectivity index (χ0) is 20.4. The Labute approximate surface area is 169 Å². The molecule has 0 radical (unpaired) electrons. The largest absolute Gasteiger partial charge is 0.343 e. The third-order valence-corrected chi connectivity index (χ3v) is 5.56. The number of hydrazone groups is 1. The first-order valence-corrected chi connectivity index (χ1v) is 9.58. The Balaban J connectivity index is 1.54. The zero-order valence-corrected chi connectivity index (χ0v) is 16.1. The van der Waals surface area contributed by atoms with E-state index in [1.807, 2.05) is 36.5 Å². The Hall–Kier alpha value is -3.78. The summed E-state index contributed by atoms with van der Waals surface area (Å²) in [6.07, 6.45) is 5.39. The number of non-ortho nitro benzene ring substituents is 1. The molecular formula is C21H16N4O3S. The van der Waals surface area contributed by atoms with Crippen LogP contribution in [0, 0.1) is 10.1 Å². The van der Waals surface area contributed by atoms with Gasteiger partial charge in [-0.3, -0.25) is 14.9 Å². The third-order valence-electron chi connectivity index (χ3n) is 4.45. The molecule has 144 valence electrons. The van der Waals surface area contributed by atoms with Crippen molar-refractivity contribution in [2.24, 2.45) is 5.10 Å². The number of carbonyl (C=O) groups excluding carboxylic acids is 1. The number of fused-ring (bicyclic) bond motifs is 2. The molecule has 0 aliphatic heterocycles. The Bertz CT molecular complexity index is 1290. The summed E-state index contributed by atoms with van der Waals surface area (Å²) in [6, 6.07) is 14.1. The number of amides is 1. The molecule has 0 aliphatic carbocycles. The van der Waals surface area contributed by atoms with Crippen LogP contribution in [-0.2, 0) is 6.54 Å². The van der Waals surface area contributed by atoms with E-state index in [4.69, 9.17) is 0 Å². The molecule has 2 aromatic carbocycles. The lowest BCUT2D eigenvalue weighted by atomic mass is 10.2. The molecule has 0 unspecified atom stereocenters. The average Bonchev–Trinajstić information content (AvgIpc) is 3.30. The van der Waals surface area contributed by atoms with Crippen LogP contribution in [0.4, 0.5) is 5.69 Å². The number of allylic oxidation sites excluding steroid dienone is 1. The lowest BCUT2D eigenvalue weighted by Gasteiger charge is -1.98. The maximum atomic E-state index is 12.4. The van der Waals surface area contributed by atoms with Crippen LogP contribution in [0.3, 0.4) is 0 Å². The number of carbonyl (C=O) groups is 1. The maximum Gasteiger partial charge on any atom is 0.281 e. The molecule has 0 bridgehead atoms. The number of nitro benzene ring substituents is 1. The van der Waals surface area contributed by atoms with E-state index in [-0.39, 0.29) is 11.6 Å². The van der Waals surface area contributed by atoms with E-state index < -0.39 is 4.92 Å². The van der Waals surface area contributed by atoms with E-state index in [2.05, 4.69) is 21.7 Å². The number of thiophene rings is 1. The highest BCUT2D eigenvalue weighted by molar-refractivity contribution is 7.20. The quantitative estimate of drug-likeness (QED) is 0.218. The van der Waals surface area contributed by atoms with Crippen LogP contribution in [-0.4, -0.2) is 21.6 Å². The second-order valence-electron chi connectivity index (χ2n) is 6.33. The number of benzene rings is 2. The lowest BCUT2D eigenvalue weighted by Crippen LogP contribution is -2.16. The van der Waals surface area contributed by atoms with Crippen LogP contribution in [0.5, 0.6) is 0 Å². The normalized spacial score (nSPS) is 11.3. The van der Waals surface area contributed by atoms with Crippen molar-refractivity contribution in [3.05, 3.63) is 87.9 Å². The number of hydrogen-bond acceptors (Lipinski definition) is 5. The van der Waals surface area contributed by atoms with E-state index in [9.17, 15) is 14.9 Å². The van der Waals surface area contributed by atoms with Crippen LogP contribution < -0.4 is 5.43 Å². The minimum Gasteiger partial charge on any atom is -0.343 e. The predicted molar refractivity (Wildman–Crippen MR) is 116 cm³/mol. The molecule has 2 aromatic heterocycles. The van der Waals surface area contributed by atoms with E-state index in [0.29, 0.717) is 16.8 Å². The Morgan fingerprint density at radius 3 is 2.90 bits per heavy atom. The van der Waals surface area contributed by atoms with Crippen molar-refractivity contribution in [1.29, 1.82) is 0 Å². The van der Waals surface area contributed by atoms with E-state index in [1.54, 1.807) is 18.3 Å². The van der Waals surface area contributed by atoms with Gasteiger partial charge in [-0.15, -0.1) is 17.9 Å². The van der Waals surface area contributed by atoms with Gasteiger partial charge >= 0.3 is 0 Å². The Kier molecular flexibility index (Phi) is 4.92. The number of rotatable bonds is 6.